The number of aromatic nitrogens is 1. The first-order valence-electron chi connectivity index (χ1n) is 5.92. The highest BCUT2D eigenvalue weighted by molar-refractivity contribution is 7.11. The Balaban J connectivity index is 2.26. The van der Waals surface area contributed by atoms with Crippen LogP contribution in [0.2, 0.25) is 0 Å². The molecule has 1 N–H and O–H groups in total. The van der Waals surface area contributed by atoms with Gasteiger partial charge in [-0.2, -0.15) is 0 Å². The second-order valence-electron chi connectivity index (χ2n) is 4.94. The van der Waals surface area contributed by atoms with Crippen LogP contribution in [0, 0.1) is 13.8 Å². The summed E-state index contributed by atoms with van der Waals surface area (Å²) in [6.07, 6.45) is 0. The van der Waals surface area contributed by atoms with Crippen molar-refractivity contribution >= 4 is 11.3 Å². The topological polar surface area (TPSA) is 28.2 Å². The fourth-order valence-electron chi connectivity index (χ4n) is 2.47. The minimum Gasteiger partial charge on any atom is -0.314 e. The van der Waals surface area contributed by atoms with Crippen LogP contribution in [0.25, 0.3) is 0 Å². The molecule has 0 saturated carbocycles. The van der Waals surface area contributed by atoms with E-state index in [-0.39, 0.29) is 5.54 Å². The van der Waals surface area contributed by atoms with Gasteiger partial charge >= 0.3 is 0 Å². The molecule has 3 nitrogen and oxygen atoms in total. The Morgan fingerprint density at radius 3 is 2.38 bits per heavy atom. The van der Waals surface area contributed by atoms with Crippen molar-refractivity contribution in [2.24, 2.45) is 0 Å². The smallest absolute Gasteiger partial charge is 0.0900 e. The van der Waals surface area contributed by atoms with Gasteiger partial charge in [-0.25, -0.2) is 4.98 Å². The molecule has 0 aromatic carbocycles. The molecule has 1 aliphatic rings. The van der Waals surface area contributed by atoms with Gasteiger partial charge in [-0.1, -0.05) is 0 Å². The van der Waals surface area contributed by atoms with Gasteiger partial charge in [0.25, 0.3) is 0 Å². The molecule has 0 aliphatic carbocycles. The van der Waals surface area contributed by atoms with Crippen molar-refractivity contribution in [3.05, 3.63) is 15.6 Å². The molecular weight excluding hydrogens is 218 g/mol. The molecule has 16 heavy (non-hydrogen) atoms. The summed E-state index contributed by atoms with van der Waals surface area (Å²) in [7, 11) is 0. The Morgan fingerprint density at radius 1 is 1.25 bits per heavy atom. The van der Waals surface area contributed by atoms with Gasteiger partial charge in [-0.05, 0) is 27.7 Å². The van der Waals surface area contributed by atoms with Gasteiger partial charge in [-0.15, -0.1) is 11.3 Å². The molecule has 0 spiro atoms. The first kappa shape index (κ1) is 12.0. The van der Waals surface area contributed by atoms with E-state index in [2.05, 4.69) is 42.9 Å². The summed E-state index contributed by atoms with van der Waals surface area (Å²) < 4.78 is 0. The Bertz CT molecular complexity index is 364. The van der Waals surface area contributed by atoms with Gasteiger partial charge in [0, 0.05) is 31.1 Å². The summed E-state index contributed by atoms with van der Waals surface area (Å²) in [6, 6.07) is 0. The van der Waals surface area contributed by atoms with E-state index in [1.165, 1.54) is 15.6 Å². The van der Waals surface area contributed by atoms with E-state index >= 15 is 0 Å². The molecule has 0 unspecified atom stereocenters. The van der Waals surface area contributed by atoms with Crippen molar-refractivity contribution in [1.82, 2.24) is 15.2 Å². The molecule has 4 heteroatoms. The van der Waals surface area contributed by atoms with Crippen molar-refractivity contribution < 1.29 is 0 Å². The van der Waals surface area contributed by atoms with Crippen LogP contribution in [-0.2, 0) is 5.54 Å². The van der Waals surface area contributed by atoms with Crippen LogP contribution < -0.4 is 5.32 Å². The zero-order valence-electron chi connectivity index (χ0n) is 10.6. The summed E-state index contributed by atoms with van der Waals surface area (Å²) in [4.78, 5) is 8.53. The predicted octanol–water partition coefficient (Wildman–Crippen LogP) is 1.90. The summed E-state index contributed by atoms with van der Waals surface area (Å²) >= 11 is 1.84. The van der Waals surface area contributed by atoms with E-state index < -0.39 is 0 Å². The van der Waals surface area contributed by atoms with Crippen molar-refractivity contribution in [2.75, 3.05) is 26.2 Å². The second kappa shape index (κ2) is 4.43. The second-order valence-corrected chi connectivity index (χ2v) is 6.15. The molecule has 0 atom stereocenters. The summed E-state index contributed by atoms with van der Waals surface area (Å²) in [5.74, 6) is 0. The van der Waals surface area contributed by atoms with Crippen molar-refractivity contribution in [1.29, 1.82) is 0 Å². The maximum atomic E-state index is 4.55. The number of thiazole rings is 1. The lowest BCUT2D eigenvalue weighted by atomic mass is 9.98. The predicted molar refractivity (Wildman–Crippen MR) is 69.1 cm³/mol. The van der Waals surface area contributed by atoms with Gasteiger partial charge in [0.1, 0.15) is 0 Å². The fraction of sp³-hybridized carbons (Fsp3) is 0.750. The van der Waals surface area contributed by atoms with Gasteiger partial charge in [0.2, 0.25) is 0 Å². The van der Waals surface area contributed by atoms with Crippen LogP contribution in [0.1, 0.15) is 29.4 Å². The number of piperazine rings is 1. The highest BCUT2D eigenvalue weighted by Crippen LogP contribution is 2.34. The fourth-order valence-corrected chi connectivity index (χ4v) is 3.52. The van der Waals surface area contributed by atoms with E-state index in [0.29, 0.717) is 0 Å². The lowest BCUT2D eigenvalue weighted by Crippen LogP contribution is -2.51. The van der Waals surface area contributed by atoms with E-state index in [1.807, 2.05) is 11.3 Å². The maximum Gasteiger partial charge on any atom is 0.0900 e. The molecule has 1 fully saturated rings. The number of nitrogens with one attached hydrogen (secondary N) is 1. The molecule has 1 aromatic rings. The van der Waals surface area contributed by atoms with Crippen LogP contribution in [0.4, 0.5) is 0 Å². The first-order valence-corrected chi connectivity index (χ1v) is 6.74. The Morgan fingerprint density at radius 2 is 1.88 bits per heavy atom. The molecule has 0 amide bonds. The third kappa shape index (κ3) is 2.14. The van der Waals surface area contributed by atoms with Gasteiger partial charge in [0.05, 0.1) is 16.2 Å². The van der Waals surface area contributed by atoms with Crippen LogP contribution >= 0.6 is 11.3 Å². The zero-order chi connectivity index (χ0) is 11.8. The molecule has 1 aromatic heterocycles. The zero-order valence-corrected chi connectivity index (χ0v) is 11.4. The summed E-state index contributed by atoms with van der Waals surface area (Å²) in [6.45, 7) is 13.3. The van der Waals surface area contributed by atoms with Crippen LogP contribution in [-0.4, -0.2) is 36.1 Å². The van der Waals surface area contributed by atoms with Crippen molar-refractivity contribution in [2.45, 2.75) is 33.2 Å². The van der Waals surface area contributed by atoms with E-state index in [0.717, 1.165) is 26.2 Å². The quantitative estimate of drug-likeness (QED) is 0.854. The molecule has 0 radical (unpaired) electrons. The average Bonchev–Trinajstić information content (AvgIpc) is 2.60. The number of hydrogen-bond donors (Lipinski definition) is 1. The third-order valence-electron chi connectivity index (χ3n) is 3.37. The minimum absolute atomic E-state index is 0.123. The van der Waals surface area contributed by atoms with Gasteiger partial charge in [0.15, 0.2) is 0 Å². The molecule has 0 bridgehead atoms. The minimum atomic E-state index is 0.123. The molecule has 2 heterocycles. The Labute approximate surface area is 102 Å². The molecular formula is C12H21N3S. The number of rotatable bonds is 2. The van der Waals surface area contributed by atoms with Crippen LogP contribution in [0.15, 0.2) is 0 Å². The normalized spacial score (nSPS) is 19.0. The maximum absolute atomic E-state index is 4.55. The lowest BCUT2D eigenvalue weighted by Gasteiger charge is -2.40. The monoisotopic (exact) mass is 239 g/mol. The lowest BCUT2D eigenvalue weighted by molar-refractivity contribution is 0.105. The van der Waals surface area contributed by atoms with E-state index in [1.54, 1.807) is 0 Å². The number of nitrogens with zero attached hydrogens (tertiary/aromatic N) is 2. The van der Waals surface area contributed by atoms with Crippen molar-refractivity contribution in [3.8, 4) is 0 Å². The Kier molecular flexibility index (Phi) is 3.33. The van der Waals surface area contributed by atoms with E-state index in [4.69, 9.17) is 0 Å². The SMILES string of the molecule is Cc1nc(C)c(C(C)(C)N2CCNCC2)s1. The van der Waals surface area contributed by atoms with Gasteiger partial charge < -0.3 is 5.32 Å². The number of aryl methyl sites for hydroxylation is 2. The standard InChI is InChI=1S/C12H21N3S/c1-9-11(16-10(2)14-9)12(3,4)15-7-5-13-6-8-15/h13H,5-8H2,1-4H3. The van der Waals surface area contributed by atoms with Crippen molar-refractivity contribution in [3.63, 3.8) is 0 Å². The summed E-state index contributed by atoms with van der Waals surface area (Å²) in [5, 5.41) is 4.58. The molecule has 1 aliphatic heterocycles. The van der Waals surface area contributed by atoms with Crippen LogP contribution in [0.5, 0.6) is 0 Å². The average molecular weight is 239 g/mol. The third-order valence-corrected chi connectivity index (χ3v) is 4.75. The highest BCUT2D eigenvalue weighted by atomic mass is 32.1. The molecule has 2 rings (SSSR count). The molecule has 1 saturated heterocycles. The number of hydrogen-bond acceptors (Lipinski definition) is 4. The van der Waals surface area contributed by atoms with Crippen LogP contribution in [0.3, 0.4) is 0 Å². The van der Waals surface area contributed by atoms with Gasteiger partial charge in [-0.3, -0.25) is 4.90 Å². The molecule has 90 valence electrons. The first-order chi connectivity index (χ1) is 7.51. The summed E-state index contributed by atoms with van der Waals surface area (Å²) in [5.41, 5.74) is 1.32. The highest BCUT2D eigenvalue weighted by Gasteiger charge is 2.32. The largest absolute Gasteiger partial charge is 0.314 e. The Hall–Kier alpha value is -0.450. The van der Waals surface area contributed by atoms with E-state index in [9.17, 15) is 0 Å².